The summed E-state index contributed by atoms with van der Waals surface area (Å²) in [6.45, 7) is 0.435. The number of halogens is 1. The van der Waals surface area contributed by atoms with E-state index in [1.807, 2.05) is 0 Å². The van der Waals surface area contributed by atoms with Crippen molar-refractivity contribution in [3.63, 3.8) is 0 Å². The average molecular weight is 417 g/mol. The fourth-order valence-electron chi connectivity index (χ4n) is 3.06. The lowest BCUT2D eigenvalue weighted by Gasteiger charge is -2.13. The number of rotatable bonds is 4. The summed E-state index contributed by atoms with van der Waals surface area (Å²) in [7, 11) is 0. The molecule has 1 saturated carbocycles. The van der Waals surface area contributed by atoms with Crippen molar-refractivity contribution < 1.29 is 14.3 Å². The second kappa shape index (κ2) is 7.64. The van der Waals surface area contributed by atoms with Crippen molar-refractivity contribution in [1.29, 1.82) is 5.26 Å². The lowest BCUT2D eigenvalue weighted by Crippen LogP contribution is -2.43. The first kappa shape index (κ1) is 19.1. The SMILES string of the molecule is N#Cc1cn(C2CC2)c(=O)n(CC(=O)Nc2cc3c(cc2Cl)OCCCO3)c1=O. The zero-order valence-corrected chi connectivity index (χ0v) is 16.1. The van der Waals surface area contributed by atoms with Crippen molar-refractivity contribution in [2.45, 2.75) is 31.8 Å². The van der Waals surface area contributed by atoms with E-state index in [0.717, 1.165) is 23.8 Å². The number of benzene rings is 1. The van der Waals surface area contributed by atoms with Gasteiger partial charge in [-0.1, -0.05) is 11.6 Å². The number of nitrogens with zero attached hydrogens (tertiary/aromatic N) is 3. The van der Waals surface area contributed by atoms with Gasteiger partial charge in [-0.15, -0.1) is 0 Å². The van der Waals surface area contributed by atoms with Gasteiger partial charge in [0.15, 0.2) is 11.5 Å². The molecule has 2 aliphatic rings. The number of anilines is 1. The fourth-order valence-corrected chi connectivity index (χ4v) is 3.27. The number of fused-ring (bicyclic) bond motifs is 1. The molecule has 1 aromatic heterocycles. The van der Waals surface area contributed by atoms with E-state index < -0.39 is 23.7 Å². The molecule has 150 valence electrons. The summed E-state index contributed by atoms with van der Waals surface area (Å²) in [6.07, 6.45) is 3.57. The predicted octanol–water partition coefficient (Wildman–Crippen LogP) is 1.67. The molecule has 4 rings (SSSR count). The van der Waals surface area contributed by atoms with E-state index in [9.17, 15) is 19.6 Å². The van der Waals surface area contributed by atoms with Gasteiger partial charge in [-0.3, -0.25) is 14.2 Å². The Labute approximate surface area is 170 Å². The van der Waals surface area contributed by atoms with Gasteiger partial charge in [0.2, 0.25) is 5.91 Å². The maximum Gasteiger partial charge on any atom is 0.331 e. The van der Waals surface area contributed by atoms with E-state index in [1.165, 1.54) is 16.8 Å². The van der Waals surface area contributed by atoms with Gasteiger partial charge >= 0.3 is 5.69 Å². The number of carbonyl (C=O) groups is 1. The summed E-state index contributed by atoms with van der Waals surface area (Å²) in [6, 6.07) is 4.82. The van der Waals surface area contributed by atoms with Crippen LogP contribution in [0.5, 0.6) is 11.5 Å². The summed E-state index contributed by atoms with van der Waals surface area (Å²) < 4.78 is 13.2. The molecule has 1 aliphatic carbocycles. The maximum atomic E-state index is 12.6. The van der Waals surface area contributed by atoms with Gasteiger partial charge in [-0.25, -0.2) is 9.36 Å². The van der Waals surface area contributed by atoms with Crippen LogP contribution in [0.15, 0.2) is 27.9 Å². The molecular formula is C19H17ClN4O5. The quantitative estimate of drug-likeness (QED) is 0.810. The number of aromatic nitrogens is 2. The van der Waals surface area contributed by atoms with Crippen LogP contribution in [0.2, 0.25) is 5.02 Å². The highest BCUT2D eigenvalue weighted by Gasteiger charge is 2.27. The summed E-state index contributed by atoms with van der Waals surface area (Å²) >= 11 is 6.22. The Morgan fingerprint density at radius 2 is 1.93 bits per heavy atom. The third-order valence-corrected chi connectivity index (χ3v) is 4.98. The number of carbonyl (C=O) groups excluding carboxylic acids is 1. The monoisotopic (exact) mass is 416 g/mol. The molecule has 10 heteroatoms. The molecule has 2 aromatic rings. The Morgan fingerprint density at radius 3 is 2.59 bits per heavy atom. The Balaban J connectivity index is 1.61. The molecule has 1 amide bonds. The molecule has 0 atom stereocenters. The van der Waals surface area contributed by atoms with Crippen molar-refractivity contribution >= 4 is 23.2 Å². The van der Waals surface area contributed by atoms with Gasteiger partial charge in [-0.2, -0.15) is 5.26 Å². The molecule has 0 unspecified atom stereocenters. The van der Waals surface area contributed by atoms with Gasteiger partial charge in [0, 0.05) is 30.8 Å². The topological polar surface area (TPSA) is 115 Å². The molecular weight excluding hydrogens is 400 g/mol. The molecule has 1 N–H and O–H groups in total. The Kier molecular flexibility index (Phi) is 5.03. The van der Waals surface area contributed by atoms with Crippen molar-refractivity contribution in [1.82, 2.24) is 9.13 Å². The van der Waals surface area contributed by atoms with Crippen LogP contribution in [0.1, 0.15) is 30.9 Å². The number of ether oxygens (including phenoxy) is 2. The molecule has 1 aromatic carbocycles. The summed E-state index contributed by atoms with van der Waals surface area (Å²) in [5, 5.41) is 12.0. The zero-order chi connectivity index (χ0) is 20.5. The van der Waals surface area contributed by atoms with Crippen LogP contribution in [0.3, 0.4) is 0 Å². The number of hydrogen-bond acceptors (Lipinski definition) is 6. The van der Waals surface area contributed by atoms with E-state index in [0.29, 0.717) is 24.7 Å². The lowest BCUT2D eigenvalue weighted by atomic mass is 10.2. The van der Waals surface area contributed by atoms with Crippen LogP contribution in [-0.4, -0.2) is 28.3 Å². The Bertz CT molecular complexity index is 1140. The van der Waals surface area contributed by atoms with Crippen molar-refractivity contribution in [2.75, 3.05) is 18.5 Å². The van der Waals surface area contributed by atoms with Gasteiger partial charge in [-0.05, 0) is 12.8 Å². The predicted molar refractivity (Wildman–Crippen MR) is 104 cm³/mol. The van der Waals surface area contributed by atoms with Crippen LogP contribution >= 0.6 is 11.6 Å². The standard InChI is InChI=1S/C19H17ClN4O5/c20-13-6-15-16(29-5-1-4-28-15)7-14(13)22-17(25)10-24-18(26)11(8-21)9-23(19(24)27)12-2-3-12/h6-7,9,12H,1-5,10H2,(H,22,25). The van der Waals surface area contributed by atoms with Gasteiger partial charge < -0.3 is 14.8 Å². The van der Waals surface area contributed by atoms with E-state index >= 15 is 0 Å². The second-order valence-corrected chi connectivity index (χ2v) is 7.25. The third kappa shape index (κ3) is 3.84. The van der Waals surface area contributed by atoms with Gasteiger partial charge in [0.1, 0.15) is 18.2 Å². The van der Waals surface area contributed by atoms with Gasteiger partial charge in [0.25, 0.3) is 5.56 Å². The Hall–Kier alpha value is -3.25. The number of nitrogens with one attached hydrogen (secondary N) is 1. The smallest absolute Gasteiger partial charge is 0.331 e. The molecule has 0 radical (unpaired) electrons. The van der Waals surface area contributed by atoms with Crippen molar-refractivity contribution in [2.24, 2.45) is 0 Å². The van der Waals surface area contributed by atoms with Crippen LogP contribution < -0.4 is 26.0 Å². The zero-order valence-electron chi connectivity index (χ0n) is 15.3. The highest BCUT2D eigenvalue weighted by molar-refractivity contribution is 6.34. The maximum absolute atomic E-state index is 12.6. The number of nitriles is 1. The molecule has 2 heterocycles. The lowest BCUT2D eigenvalue weighted by molar-refractivity contribution is -0.116. The molecule has 0 spiro atoms. The first-order valence-corrected chi connectivity index (χ1v) is 9.51. The largest absolute Gasteiger partial charge is 0.490 e. The molecule has 0 saturated heterocycles. The van der Waals surface area contributed by atoms with Gasteiger partial charge in [0.05, 0.1) is 23.9 Å². The fraction of sp³-hybridized carbons (Fsp3) is 0.368. The Morgan fingerprint density at radius 1 is 1.24 bits per heavy atom. The minimum absolute atomic E-state index is 0.0410. The van der Waals surface area contributed by atoms with Crippen molar-refractivity contribution in [3.8, 4) is 17.6 Å². The summed E-state index contributed by atoms with van der Waals surface area (Å²) in [4.78, 5) is 37.5. The van der Waals surface area contributed by atoms with E-state index in [4.69, 9.17) is 21.1 Å². The molecule has 29 heavy (non-hydrogen) atoms. The minimum Gasteiger partial charge on any atom is -0.490 e. The van der Waals surface area contributed by atoms with E-state index in [1.54, 1.807) is 12.1 Å². The van der Waals surface area contributed by atoms with E-state index in [2.05, 4.69) is 5.32 Å². The van der Waals surface area contributed by atoms with Crippen LogP contribution in [0.4, 0.5) is 5.69 Å². The normalized spacial score (nSPS) is 15.3. The second-order valence-electron chi connectivity index (χ2n) is 6.84. The number of hydrogen-bond donors (Lipinski definition) is 1. The molecule has 1 fully saturated rings. The highest BCUT2D eigenvalue weighted by Crippen LogP contribution is 2.37. The van der Waals surface area contributed by atoms with Crippen LogP contribution in [-0.2, 0) is 11.3 Å². The third-order valence-electron chi connectivity index (χ3n) is 4.67. The first-order chi connectivity index (χ1) is 14.0. The van der Waals surface area contributed by atoms with Crippen LogP contribution in [0, 0.1) is 11.3 Å². The van der Waals surface area contributed by atoms with E-state index in [-0.39, 0.29) is 22.3 Å². The molecule has 0 bridgehead atoms. The average Bonchev–Trinajstić information content (AvgIpc) is 3.53. The summed E-state index contributed by atoms with van der Waals surface area (Å²) in [5.41, 5.74) is -1.32. The van der Waals surface area contributed by atoms with Crippen molar-refractivity contribution in [3.05, 3.63) is 49.8 Å². The summed E-state index contributed by atoms with van der Waals surface area (Å²) in [5.74, 6) is 0.302. The highest BCUT2D eigenvalue weighted by atomic mass is 35.5. The first-order valence-electron chi connectivity index (χ1n) is 9.13. The minimum atomic E-state index is -0.797. The number of amides is 1. The molecule has 9 nitrogen and oxygen atoms in total. The molecule has 1 aliphatic heterocycles. The van der Waals surface area contributed by atoms with Crippen LogP contribution in [0.25, 0.3) is 0 Å².